The summed E-state index contributed by atoms with van der Waals surface area (Å²) in [5.41, 5.74) is -1.70. The molecular formula is C19H24BF2NO3. The van der Waals surface area contributed by atoms with Crippen molar-refractivity contribution in [3.63, 3.8) is 0 Å². The quantitative estimate of drug-likeness (QED) is 0.735. The zero-order valence-corrected chi connectivity index (χ0v) is 15.2. The molecule has 0 bridgehead atoms. The number of rotatable bonds is 3. The molecule has 0 aliphatic rings. The Morgan fingerprint density at radius 3 is 1.77 bits per heavy atom. The maximum atomic E-state index is 13.3. The summed E-state index contributed by atoms with van der Waals surface area (Å²) in [5.74, 6) is -2.24. The molecule has 0 aliphatic carbocycles. The summed E-state index contributed by atoms with van der Waals surface area (Å²) in [6, 6.07) is 9.39. The predicted octanol–water partition coefficient (Wildman–Crippen LogP) is 2.79. The Hall–Kier alpha value is -2.25. The minimum absolute atomic E-state index is 0. The zero-order chi connectivity index (χ0) is 20.1. The van der Waals surface area contributed by atoms with Gasteiger partial charge in [-0.1, -0.05) is 35.8 Å². The number of nitrogens with one attached hydrogen (secondary N) is 1. The highest BCUT2D eigenvalue weighted by atomic mass is 19.1. The molecular weight excluding hydrogens is 339 g/mol. The van der Waals surface area contributed by atoms with Crippen molar-refractivity contribution < 1.29 is 25.2 Å². The van der Waals surface area contributed by atoms with Gasteiger partial charge in [0, 0.05) is 6.99 Å². The monoisotopic (exact) mass is 363 g/mol. The lowest BCUT2D eigenvalue weighted by Crippen LogP contribution is -2.44. The molecule has 3 N–H and O–H groups in total. The van der Waals surface area contributed by atoms with Gasteiger partial charge in [0.1, 0.15) is 25.2 Å². The van der Waals surface area contributed by atoms with Gasteiger partial charge in [-0.15, -0.1) is 0 Å². The van der Waals surface area contributed by atoms with E-state index in [9.17, 15) is 13.6 Å². The number of para-hydroxylation sites is 1. The summed E-state index contributed by atoms with van der Waals surface area (Å²) in [5, 5.41) is 20.4. The van der Waals surface area contributed by atoms with Crippen LogP contribution in [0.15, 0.2) is 42.5 Å². The minimum atomic E-state index is -1.01. The topological polar surface area (TPSA) is 69.6 Å². The van der Waals surface area contributed by atoms with Crippen LogP contribution in [0.25, 0.3) is 0 Å². The van der Waals surface area contributed by atoms with Gasteiger partial charge in [-0.3, -0.25) is 4.79 Å². The van der Waals surface area contributed by atoms with Crippen LogP contribution in [0, 0.1) is 11.6 Å². The van der Waals surface area contributed by atoms with Crippen molar-refractivity contribution in [1.82, 2.24) is 0 Å². The zero-order valence-electron chi connectivity index (χ0n) is 15.2. The molecule has 140 valence electrons. The molecule has 2 radical (unpaired) electrons. The summed E-state index contributed by atoms with van der Waals surface area (Å²) < 4.78 is 26.6. The van der Waals surface area contributed by atoms with Crippen LogP contribution in [-0.4, -0.2) is 35.2 Å². The van der Waals surface area contributed by atoms with E-state index in [4.69, 9.17) is 18.1 Å². The molecule has 0 fully saturated rings. The SMILES string of the molecule is CC(C)(O)C(C)(C)O.[B]c1ccc(C(=O)Nc2c(F)cccc2F)cc1.[HH]. The third-order valence-corrected chi connectivity index (χ3v) is 3.87. The van der Waals surface area contributed by atoms with E-state index in [1.165, 1.54) is 30.3 Å². The summed E-state index contributed by atoms with van der Waals surface area (Å²) in [6.07, 6.45) is 0. The van der Waals surface area contributed by atoms with Crippen molar-refractivity contribution in [3.8, 4) is 0 Å². The van der Waals surface area contributed by atoms with Gasteiger partial charge in [-0.2, -0.15) is 0 Å². The van der Waals surface area contributed by atoms with E-state index < -0.39 is 34.4 Å². The van der Waals surface area contributed by atoms with Crippen LogP contribution in [0.1, 0.15) is 39.5 Å². The fraction of sp³-hybridized carbons (Fsp3) is 0.316. The van der Waals surface area contributed by atoms with Gasteiger partial charge in [0.25, 0.3) is 5.91 Å². The van der Waals surface area contributed by atoms with Crippen LogP contribution in [0.4, 0.5) is 14.5 Å². The van der Waals surface area contributed by atoms with Gasteiger partial charge < -0.3 is 15.5 Å². The number of aliphatic hydroxyl groups is 2. The van der Waals surface area contributed by atoms with E-state index in [1.807, 2.05) is 0 Å². The predicted molar refractivity (Wildman–Crippen MR) is 101 cm³/mol. The largest absolute Gasteiger partial charge is 0.387 e. The molecule has 0 heterocycles. The lowest BCUT2D eigenvalue weighted by Gasteiger charge is -2.31. The summed E-state index contributed by atoms with van der Waals surface area (Å²) in [7, 11) is 5.48. The van der Waals surface area contributed by atoms with Crippen LogP contribution in [0.3, 0.4) is 0 Å². The van der Waals surface area contributed by atoms with Crippen molar-refractivity contribution in [2.75, 3.05) is 5.32 Å². The fourth-order valence-electron chi connectivity index (χ4n) is 1.44. The lowest BCUT2D eigenvalue weighted by atomic mass is 9.90. The van der Waals surface area contributed by atoms with Crippen LogP contribution < -0.4 is 10.8 Å². The number of anilines is 1. The third-order valence-electron chi connectivity index (χ3n) is 3.87. The van der Waals surface area contributed by atoms with Crippen molar-refractivity contribution in [3.05, 3.63) is 59.7 Å². The molecule has 0 saturated heterocycles. The van der Waals surface area contributed by atoms with Crippen molar-refractivity contribution in [2.24, 2.45) is 0 Å². The molecule has 2 rings (SSSR count). The van der Waals surface area contributed by atoms with Crippen molar-refractivity contribution in [2.45, 2.75) is 38.9 Å². The van der Waals surface area contributed by atoms with E-state index >= 15 is 0 Å². The van der Waals surface area contributed by atoms with E-state index in [1.54, 1.807) is 27.7 Å². The van der Waals surface area contributed by atoms with Gasteiger partial charge in [0.05, 0.1) is 11.2 Å². The molecule has 0 atom stereocenters. The van der Waals surface area contributed by atoms with Crippen LogP contribution in [0.2, 0.25) is 0 Å². The van der Waals surface area contributed by atoms with Crippen LogP contribution >= 0.6 is 0 Å². The molecule has 26 heavy (non-hydrogen) atoms. The van der Waals surface area contributed by atoms with E-state index in [-0.39, 0.29) is 6.99 Å². The first-order chi connectivity index (χ1) is 11.8. The van der Waals surface area contributed by atoms with Gasteiger partial charge in [-0.05, 0) is 39.8 Å². The summed E-state index contributed by atoms with van der Waals surface area (Å²) >= 11 is 0. The molecule has 0 aromatic heterocycles. The second-order valence-corrected chi connectivity index (χ2v) is 6.79. The number of halogens is 2. The van der Waals surface area contributed by atoms with Gasteiger partial charge in [-0.25, -0.2) is 8.78 Å². The number of benzene rings is 2. The number of hydrogen-bond donors (Lipinski definition) is 3. The van der Waals surface area contributed by atoms with E-state index in [2.05, 4.69) is 5.32 Å². The number of hydrogen-bond acceptors (Lipinski definition) is 3. The Morgan fingerprint density at radius 2 is 1.38 bits per heavy atom. The molecule has 4 nitrogen and oxygen atoms in total. The number of amides is 1. The smallest absolute Gasteiger partial charge is 0.255 e. The highest BCUT2D eigenvalue weighted by molar-refractivity contribution is 6.32. The summed E-state index contributed by atoms with van der Waals surface area (Å²) in [6.45, 7) is 6.31. The Kier molecular flexibility index (Phi) is 7.06. The first-order valence-electron chi connectivity index (χ1n) is 7.88. The highest BCUT2D eigenvalue weighted by Gasteiger charge is 2.31. The molecule has 1 amide bonds. The highest BCUT2D eigenvalue weighted by Crippen LogP contribution is 2.19. The van der Waals surface area contributed by atoms with E-state index in [0.717, 1.165) is 12.1 Å². The Labute approximate surface area is 154 Å². The van der Waals surface area contributed by atoms with Gasteiger partial charge in [0.2, 0.25) is 0 Å². The second kappa shape index (κ2) is 8.42. The number of carbonyl (C=O) groups is 1. The lowest BCUT2D eigenvalue weighted by molar-refractivity contribution is -0.107. The fourth-order valence-corrected chi connectivity index (χ4v) is 1.44. The van der Waals surface area contributed by atoms with Crippen molar-refractivity contribution in [1.29, 1.82) is 0 Å². The molecule has 7 heteroatoms. The standard InChI is InChI=1S/C13H8BF2NO.C6H14O2.H2/c14-9-6-4-8(5-7-9)13(18)17-12-10(15)2-1-3-11(12)16;1-5(2,7)6(3,4)8;/h1-7H,(H,17,18);7-8H,1-4H3;1H. The molecule has 2 aromatic rings. The van der Waals surface area contributed by atoms with Crippen LogP contribution in [0.5, 0.6) is 0 Å². The van der Waals surface area contributed by atoms with Gasteiger partial charge >= 0.3 is 0 Å². The van der Waals surface area contributed by atoms with Gasteiger partial charge in [0.15, 0.2) is 0 Å². The van der Waals surface area contributed by atoms with Crippen molar-refractivity contribution >= 4 is 24.9 Å². The van der Waals surface area contributed by atoms with Crippen LogP contribution in [-0.2, 0) is 0 Å². The third kappa shape index (κ3) is 6.24. The normalized spacial score (nSPS) is 11.4. The average molecular weight is 363 g/mol. The Bertz CT molecular complexity index is 725. The molecule has 0 saturated carbocycles. The summed E-state index contributed by atoms with van der Waals surface area (Å²) in [4.78, 5) is 11.7. The first-order valence-corrected chi connectivity index (χ1v) is 7.88. The molecule has 2 aromatic carbocycles. The minimum Gasteiger partial charge on any atom is -0.387 e. The maximum absolute atomic E-state index is 13.3. The second-order valence-electron chi connectivity index (χ2n) is 6.79. The Morgan fingerprint density at radius 1 is 0.962 bits per heavy atom. The van der Waals surface area contributed by atoms with E-state index in [0.29, 0.717) is 5.46 Å². The first kappa shape index (κ1) is 21.8. The number of carbonyl (C=O) groups excluding carboxylic acids is 1. The molecule has 0 aliphatic heterocycles. The maximum Gasteiger partial charge on any atom is 0.255 e. The Balaban J connectivity index is 0.000000645. The molecule has 0 spiro atoms. The molecule has 0 unspecified atom stereocenters. The average Bonchev–Trinajstić information content (AvgIpc) is 2.50.